The van der Waals surface area contributed by atoms with Crippen molar-refractivity contribution in [3.8, 4) is 0 Å². The van der Waals surface area contributed by atoms with Crippen molar-refractivity contribution < 1.29 is 0 Å². The molecule has 13 rings (SSSR count). The molecule has 11 aromatic rings. The Labute approximate surface area is 403 Å². The number of allylic oxidation sites excluding steroid dienone is 5. The van der Waals surface area contributed by atoms with Gasteiger partial charge in [-0.3, -0.25) is 0 Å². The van der Waals surface area contributed by atoms with Crippen molar-refractivity contribution in [2.45, 2.75) is 32.0 Å². The van der Waals surface area contributed by atoms with Crippen LogP contribution in [0.15, 0.2) is 218 Å². The molecule has 0 N–H and O–H groups in total. The second-order valence-corrected chi connectivity index (χ2v) is 26.1. The molecule has 0 aliphatic heterocycles. The van der Waals surface area contributed by atoms with Crippen LogP contribution < -0.4 is 15.0 Å². The fraction of sp³-hybridized carbons (Fsp3) is 0.0938. The summed E-state index contributed by atoms with van der Waals surface area (Å²) in [6.45, 7) is 9.67. The van der Waals surface area contributed by atoms with Crippen LogP contribution in [0.4, 0.5) is 34.1 Å². The predicted octanol–water partition coefficient (Wildman–Crippen LogP) is 18.2. The molecule has 68 heavy (non-hydrogen) atoms. The van der Waals surface area contributed by atoms with Crippen molar-refractivity contribution in [2.24, 2.45) is 5.92 Å². The summed E-state index contributed by atoms with van der Waals surface area (Å²) in [6.07, 6.45) is 13.8. The number of hydrogen-bond acceptors (Lipinski definition) is 3. The van der Waals surface area contributed by atoms with Crippen molar-refractivity contribution in [2.75, 3.05) is 9.80 Å². The Kier molecular flexibility index (Phi) is 9.31. The molecule has 2 aliphatic rings. The third-order valence-electron chi connectivity index (χ3n) is 14.8. The van der Waals surface area contributed by atoms with Gasteiger partial charge in [0, 0.05) is 71.0 Å². The van der Waals surface area contributed by atoms with E-state index in [2.05, 4.69) is 261 Å². The summed E-state index contributed by atoms with van der Waals surface area (Å²) in [5.41, 5.74) is 9.45. The lowest BCUT2D eigenvalue weighted by Crippen LogP contribution is -2.37. The molecule has 2 unspecified atom stereocenters. The van der Waals surface area contributed by atoms with Gasteiger partial charge in [0.1, 0.15) is 0 Å². The Balaban J connectivity index is 0.986. The number of thiophene rings is 1. The van der Waals surface area contributed by atoms with Crippen molar-refractivity contribution in [1.29, 1.82) is 0 Å². The molecule has 1 heterocycles. The zero-order chi connectivity index (χ0) is 45.7. The highest BCUT2D eigenvalue weighted by Gasteiger charge is 2.36. The second-order valence-electron chi connectivity index (χ2n) is 19.9. The van der Waals surface area contributed by atoms with E-state index in [1.54, 1.807) is 0 Å². The van der Waals surface area contributed by atoms with E-state index in [0.29, 0.717) is 5.92 Å². The quantitative estimate of drug-likeness (QED) is 0.116. The first-order valence-corrected chi connectivity index (χ1v) is 28.2. The number of anilines is 6. The average Bonchev–Trinajstić information content (AvgIpc) is 3.76. The van der Waals surface area contributed by atoms with Crippen molar-refractivity contribution in [3.05, 3.63) is 230 Å². The van der Waals surface area contributed by atoms with E-state index in [4.69, 9.17) is 0 Å². The maximum Gasteiger partial charge on any atom is 0.0775 e. The Morgan fingerprint density at radius 2 is 1.04 bits per heavy atom. The van der Waals surface area contributed by atoms with Crippen LogP contribution in [0.3, 0.4) is 0 Å². The minimum Gasteiger partial charge on any atom is -0.310 e. The molecule has 0 spiro atoms. The molecule has 10 aromatic carbocycles. The Hall–Kier alpha value is -7.50. The highest BCUT2D eigenvalue weighted by Crippen LogP contribution is 2.50. The van der Waals surface area contributed by atoms with Crippen molar-refractivity contribution in [3.63, 3.8) is 0 Å². The van der Waals surface area contributed by atoms with Gasteiger partial charge in [0.05, 0.1) is 8.07 Å². The molecule has 0 fully saturated rings. The number of para-hydroxylation sites is 1. The highest BCUT2D eigenvalue weighted by molar-refractivity contribution is 7.27. The largest absolute Gasteiger partial charge is 0.310 e. The molecule has 1 aromatic heterocycles. The number of benzene rings is 10. The lowest BCUT2D eigenvalue weighted by molar-refractivity contribution is 0.493. The lowest BCUT2D eigenvalue weighted by Gasteiger charge is -2.39. The molecule has 0 radical (unpaired) electrons. The van der Waals surface area contributed by atoms with E-state index in [9.17, 15) is 0 Å². The van der Waals surface area contributed by atoms with Crippen molar-refractivity contribution in [1.82, 2.24) is 0 Å². The van der Waals surface area contributed by atoms with Crippen LogP contribution in [0.5, 0.6) is 0 Å². The first-order chi connectivity index (χ1) is 33.2. The van der Waals surface area contributed by atoms with Crippen LogP contribution >= 0.6 is 11.3 Å². The third kappa shape index (κ3) is 6.50. The summed E-state index contributed by atoms with van der Waals surface area (Å²) >= 11 is 1.92. The van der Waals surface area contributed by atoms with Gasteiger partial charge in [-0.15, -0.1) is 11.3 Å². The Morgan fingerprint density at radius 1 is 0.456 bits per heavy atom. The fourth-order valence-electron chi connectivity index (χ4n) is 11.2. The summed E-state index contributed by atoms with van der Waals surface area (Å²) in [6, 6.07) is 70.7. The number of hydrogen-bond donors (Lipinski definition) is 0. The molecular weight excluding hydrogens is 857 g/mol. The number of fused-ring (bicyclic) bond motifs is 14. The molecule has 0 bridgehead atoms. The van der Waals surface area contributed by atoms with Crippen LogP contribution in [0, 0.1) is 5.92 Å². The molecule has 2 nitrogen and oxygen atoms in total. The smallest absolute Gasteiger partial charge is 0.0775 e. The summed E-state index contributed by atoms with van der Waals surface area (Å²) in [5.74, 6) is 0.330. The predicted molar refractivity (Wildman–Crippen MR) is 300 cm³/mol. The van der Waals surface area contributed by atoms with E-state index in [-0.39, 0.29) is 5.41 Å². The first kappa shape index (κ1) is 40.7. The van der Waals surface area contributed by atoms with Gasteiger partial charge < -0.3 is 9.80 Å². The van der Waals surface area contributed by atoms with Gasteiger partial charge in [0.2, 0.25) is 0 Å². The molecule has 4 heteroatoms. The summed E-state index contributed by atoms with van der Waals surface area (Å²) in [5, 5.41) is 14.2. The standard InChI is InChI=1S/C64H50N2SSi/c1-64-37-13-12-15-45(64)26-23-44-25-28-50(40-60(44)64)66(47-29-33-52(34-30-47)68(2,3)4)51-32-36-57-61(41-51)67-63-56-35-31-49(39-59(56)54-19-10-11-20-55(54)62(57)63)65(46-16-6-5-7-17-46)48-27-24-43-22-21-42-14-8-9-18-53(42)58(43)38-48/h5-41,45H,1-4H3. The minimum atomic E-state index is -1.50. The topological polar surface area (TPSA) is 6.48 Å². The second kappa shape index (κ2) is 15.5. The van der Waals surface area contributed by atoms with Crippen LogP contribution in [0.1, 0.15) is 18.1 Å². The van der Waals surface area contributed by atoms with Gasteiger partial charge in [-0.05, 0) is 122 Å². The molecular formula is C64H50N2SSi. The van der Waals surface area contributed by atoms with E-state index in [1.807, 2.05) is 11.3 Å². The first-order valence-electron chi connectivity index (χ1n) is 23.9. The van der Waals surface area contributed by atoms with E-state index in [0.717, 1.165) is 22.7 Å². The van der Waals surface area contributed by atoms with Crippen LogP contribution in [-0.2, 0) is 5.41 Å². The number of rotatable bonds is 7. The van der Waals surface area contributed by atoms with E-state index < -0.39 is 8.07 Å². The van der Waals surface area contributed by atoms with Gasteiger partial charge in [-0.1, -0.05) is 183 Å². The van der Waals surface area contributed by atoms with Crippen LogP contribution in [-0.4, -0.2) is 8.07 Å². The SMILES string of the molecule is CC12C=CC=CC1C=Cc1ccc(N(c3ccc([Si](C)(C)C)cc3)c3ccc4c(c3)sc3c5ccc(N(c6ccccc6)c6ccc7ccc8ccccc8c7c6)cc5c5ccccc5c43)cc12. The van der Waals surface area contributed by atoms with Gasteiger partial charge in [0.25, 0.3) is 0 Å². The monoisotopic (exact) mass is 906 g/mol. The fourth-order valence-corrected chi connectivity index (χ4v) is 13.7. The molecule has 326 valence electrons. The normalized spacial score (nSPS) is 16.6. The minimum absolute atomic E-state index is 0.109. The van der Waals surface area contributed by atoms with E-state index >= 15 is 0 Å². The summed E-state index contributed by atoms with van der Waals surface area (Å²) in [7, 11) is -1.50. The maximum atomic E-state index is 2.48. The molecule has 0 saturated carbocycles. The highest BCUT2D eigenvalue weighted by atomic mass is 32.1. The third-order valence-corrected chi connectivity index (χ3v) is 18.1. The van der Waals surface area contributed by atoms with Crippen molar-refractivity contribution >= 4 is 128 Å². The summed E-state index contributed by atoms with van der Waals surface area (Å²) < 4.78 is 2.61. The number of nitrogens with zero attached hydrogens (tertiary/aromatic N) is 2. The maximum absolute atomic E-state index is 2.48. The zero-order valence-corrected chi connectivity index (χ0v) is 40.6. The molecule has 2 aliphatic carbocycles. The zero-order valence-electron chi connectivity index (χ0n) is 38.7. The summed E-state index contributed by atoms with van der Waals surface area (Å²) in [4.78, 5) is 4.90. The molecule has 0 saturated heterocycles. The Morgan fingerprint density at radius 3 is 1.82 bits per heavy atom. The molecule has 2 atom stereocenters. The van der Waals surface area contributed by atoms with Gasteiger partial charge in [-0.2, -0.15) is 0 Å². The Bertz CT molecular complexity index is 3930. The van der Waals surface area contributed by atoms with E-state index in [1.165, 1.54) is 91.0 Å². The van der Waals surface area contributed by atoms with Gasteiger partial charge in [0.15, 0.2) is 0 Å². The lowest BCUT2D eigenvalue weighted by atomic mass is 9.65. The van der Waals surface area contributed by atoms with Gasteiger partial charge >= 0.3 is 0 Å². The molecule has 0 amide bonds. The average molecular weight is 907 g/mol. The van der Waals surface area contributed by atoms with Crippen LogP contribution in [0.25, 0.3) is 69.3 Å². The van der Waals surface area contributed by atoms with Crippen LogP contribution in [0.2, 0.25) is 19.6 Å². The van der Waals surface area contributed by atoms with Gasteiger partial charge in [-0.25, -0.2) is 0 Å².